The third-order valence-corrected chi connectivity index (χ3v) is 11.4. The van der Waals surface area contributed by atoms with E-state index in [1.54, 1.807) is 0 Å². The van der Waals surface area contributed by atoms with E-state index in [4.69, 9.17) is 42.6 Å². The molecule has 0 heterocycles. The van der Waals surface area contributed by atoms with Crippen molar-refractivity contribution in [3.8, 4) is 0 Å². The topological polar surface area (TPSA) is 0 Å². The van der Waals surface area contributed by atoms with Crippen LogP contribution in [0.3, 0.4) is 0 Å². The van der Waals surface area contributed by atoms with E-state index >= 15 is 0 Å². The standard InChI is InChI=1S/C27H28BCl3.C16H36N/c1-18-7-10-21(15-24(18)29)27(13-5-4-6-14-28,22-11-8-19(2)25(30)16-22)23-12-9-20(3)26(31)17-23;1-5-9-13-17(14-10-6-2,15-11-7-3)16-12-8-4/h7-12,15-17H,4-6,13-14H2,1-3H3;5-16H2,1-4H3/q-1;+1. The largest absolute Gasteiger partial charge is 0.626 e. The summed E-state index contributed by atoms with van der Waals surface area (Å²) >= 11 is 19.9. The third-order valence-electron chi connectivity index (χ3n) is 10.2. The number of unbranched alkanes of at least 4 members (excludes halogenated alkanes) is 6. The molecule has 3 aromatic rings. The van der Waals surface area contributed by atoms with Crippen molar-refractivity contribution in [1.82, 2.24) is 0 Å². The molecule has 0 fully saturated rings. The highest BCUT2D eigenvalue weighted by Gasteiger charge is 2.37. The lowest BCUT2D eigenvalue weighted by Gasteiger charge is -2.39. The van der Waals surface area contributed by atoms with Crippen LogP contribution in [0.4, 0.5) is 0 Å². The van der Waals surface area contributed by atoms with Gasteiger partial charge in [-0.05, 0) is 104 Å². The van der Waals surface area contributed by atoms with Gasteiger partial charge in [-0.2, -0.15) is 0 Å². The molecule has 0 saturated heterocycles. The van der Waals surface area contributed by atoms with Crippen LogP contribution in [0.15, 0.2) is 54.6 Å². The summed E-state index contributed by atoms with van der Waals surface area (Å²) in [6.45, 7) is 21.1. The molecule has 5 heteroatoms. The third kappa shape index (κ3) is 12.4. The highest BCUT2D eigenvalue weighted by Crippen LogP contribution is 2.46. The quantitative estimate of drug-likeness (QED) is 0.0474. The molecule has 0 atom stereocenters. The van der Waals surface area contributed by atoms with Crippen LogP contribution in [-0.4, -0.2) is 38.5 Å². The zero-order chi connectivity index (χ0) is 35.6. The summed E-state index contributed by atoms with van der Waals surface area (Å²) in [5.41, 5.74) is 6.21. The number of nitrogens with zero attached hydrogens (tertiary/aromatic N) is 1. The van der Waals surface area contributed by atoms with Crippen molar-refractivity contribution in [2.75, 3.05) is 26.2 Å². The maximum atomic E-state index is 6.62. The number of halogens is 3. The zero-order valence-corrected chi connectivity index (χ0v) is 33.6. The van der Waals surface area contributed by atoms with E-state index in [1.807, 2.05) is 20.8 Å². The Balaban J connectivity index is 0.000000401. The summed E-state index contributed by atoms with van der Waals surface area (Å²) in [5.74, 6) is 0. The number of benzene rings is 3. The van der Waals surface area contributed by atoms with Crippen LogP contribution in [0.1, 0.15) is 138 Å². The molecule has 48 heavy (non-hydrogen) atoms. The summed E-state index contributed by atoms with van der Waals surface area (Å²) in [5, 5.41) is 2.29. The van der Waals surface area contributed by atoms with Crippen LogP contribution >= 0.6 is 34.8 Å². The average Bonchev–Trinajstić information content (AvgIpc) is 3.08. The van der Waals surface area contributed by atoms with E-state index in [0.717, 1.165) is 74.1 Å². The van der Waals surface area contributed by atoms with E-state index < -0.39 is 5.41 Å². The number of rotatable bonds is 20. The predicted octanol–water partition coefficient (Wildman–Crippen LogP) is 14.1. The molecule has 3 rings (SSSR count). The summed E-state index contributed by atoms with van der Waals surface area (Å²) in [6.07, 6.45) is 15.8. The molecule has 0 aliphatic heterocycles. The van der Waals surface area contributed by atoms with Gasteiger partial charge >= 0.3 is 0 Å². The van der Waals surface area contributed by atoms with Gasteiger partial charge in [0.2, 0.25) is 0 Å². The minimum Gasteiger partial charge on any atom is -0.626 e. The molecular weight excluding hydrogens is 648 g/mol. The molecule has 0 aliphatic rings. The Kier molecular flexibility index (Phi) is 19.9. The molecule has 3 radical (unpaired) electrons. The van der Waals surface area contributed by atoms with Gasteiger partial charge in [0.1, 0.15) is 0 Å². The van der Waals surface area contributed by atoms with Crippen molar-refractivity contribution < 1.29 is 4.48 Å². The second kappa shape index (κ2) is 22.4. The summed E-state index contributed by atoms with van der Waals surface area (Å²) in [6, 6.07) is 19.1. The van der Waals surface area contributed by atoms with Crippen LogP contribution in [0, 0.1) is 20.8 Å². The summed E-state index contributed by atoms with van der Waals surface area (Å²) in [7, 11) is 5.77. The summed E-state index contributed by atoms with van der Waals surface area (Å²) in [4.78, 5) is 0. The fourth-order valence-corrected chi connectivity index (χ4v) is 7.41. The maximum absolute atomic E-state index is 6.62. The normalized spacial score (nSPS) is 11.8. The molecule has 0 saturated carbocycles. The van der Waals surface area contributed by atoms with Gasteiger partial charge in [-0.1, -0.05) is 144 Å². The molecule has 0 unspecified atom stereocenters. The lowest BCUT2D eigenvalue weighted by Crippen LogP contribution is -2.50. The number of hydrogen-bond donors (Lipinski definition) is 0. The van der Waals surface area contributed by atoms with E-state index in [9.17, 15) is 0 Å². The first-order valence-corrected chi connectivity index (χ1v) is 20.0. The molecule has 0 aromatic heterocycles. The lowest BCUT2D eigenvalue weighted by molar-refractivity contribution is -0.929. The van der Waals surface area contributed by atoms with Crippen molar-refractivity contribution in [1.29, 1.82) is 0 Å². The Hall–Kier alpha value is -1.45. The van der Waals surface area contributed by atoms with E-state index in [2.05, 4.69) is 82.3 Å². The zero-order valence-electron chi connectivity index (χ0n) is 31.4. The molecule has 0 spiro atoms. The molecule has 0 N–H and O–H groups in total. The van der Waals surface area contributed by atoms with E-state index in [1.165, 1.54) is 82.0 Å². The van der Waals surface area contributed by atoms with Gasteiger partial charge in [0.25, 0.3) is 0 Å². The first-order valence-electron chi connectivity index (χ1n) is 18.9. The Labute approximate surface area is 312 Å². The molecule has 265 valence electrons. The van der Waals surface area contributed by atoms with Crippen LogP contribution in [-0.2, 0) is 5.41 Å². The Morgan fingerprint density at radius 3 is 1.10 bits per heavy atom. The minimum atomic E-state index is -0.416. The second-order valence-electron chi connectivity index (χ2n) is 14.0. The van der Waals surface area contributed by atoms with Crippen LogP contribution in [0.5, 0.6) is 0 Å². The van der Waals surface area contributed by atoms with Crippen molar-refractivity contribution in [3.63, 3.8) is 0 Å². The Morgan fingerprint density at radius 2 is 0.833 bits per heavy atom. The van der Waals surface area contributed by atoms with Crippen LogP contribution in [0.2, 0.25) is 21.4 Å². The van der Waals surface area contributed by atoms with Gasteiger partial charge in [-0.25, -0.2) is 0 Å². The van der Waals surface area contributed by atoms with Crippen LogP contribution in [0.25, 0.3) is 0 Å². The van der Waals surface area contributed by atoms with Gasteiger partial charge in [0, 0.05) is 20.5 Å². The Morgan fingerprint density at radius 1 is 0.500 bits per heavy atom. The maximum Gasteiger partial charge on any atom is 0.0786 e. The number of hydrogen-bond acceptors (Lipinski definition) is 0. The fourth-order valence-electron chi connectivity index (χ4n) is 6.86. The van der Waals surface area contributed by atoms with Gasteiger partial charge in [-0.3, -0.25) is 6.32 Å². The monoisotopic (exact) mass is 710 g/mol. The average molecular weight is 712 g/mol. The van der Waals surface area contributed by atoms with Gasteiger partial charge < -0.3 is 12.3 Å². The fraction of sp³-hybridized carbons (Fsp3) is 0.581. The van der Waals surface area contributed by atoms with Gasteiger partial charge in [-0.15, -0.1) is 0 Å². The van der Waals surface area contributed by atoms with E-state index in [-0.39, 0.29) is 0 Å². The van der Waals surface area contributed by atoms with Gasteiger partial charge in [0.05, 0.1) is 26.2 Å². The molecular formula is C43H64BCl3N. The number of aryl methyl sites for hydroxylation is 3. The van der Waals surface area contributed by atoms with Crippen LogP contribution < -0.4 is 0 Å². The lowest BCUT2D eigenvalue weighted by atomic mass is 9.66. The molecule has 0 aliphatic carbocycles. The first kappa shape index (κ1) is 42.7. The van der Waals surface area contributed by atoms with Crippen molar-refractivity contribution >= 4 is 42.6 Å². The smallest absolute Gasteiger partial charge is 0.0786 e. The van der Waals surface area contributed by atoms with Crippen molar-refractivity contribution in [2.45, 2.75) is 137 Å². The second-order valence-corrected chi connectivity index (χ2v) is 15.3. The molecule has 0 amide bonds. The summed E-state index contributed by atoms with van der Waals surface area (Å²) < 4.78 is 1.42. The van der Waals surface area contributed by atoms with Gasteiger partial charge in [0.15, 0.2) is 0 Å². The van der Waals surface area contributed by atoms with Crippen molar-refractivity contribution in [2.24, 2.45) is 0 Å². The Bertz CT molecular complexity index is 1190. The number of quaternary nitrogens is 1. The highest BCUT2D eigenvalue weighted by atomic mass is 35.5. The molecule has 1 nitrogen and oxygen atoms in total. The predicted molar refractivity (Wildman–Crippen MR) is 217 cm³/mol. The minimum absolute atomic E-state index is 0.416. The SMILES string of the molecule is CCCC[N+](CCCC)(CCCC)CCCC.[B-]CCCCCC(c1ccc(C)c(Cl)c1)(c1ccc(C)c(Cl)c1)c1ccc(C)c(Cl)c1. The molecule has 0 bridgehead atoms. The highest BCUT2D eigenvalue weighted by molar-refractivity contribution is 6.32. The van der Waals surface area contributed by atoms with Crippen molar-refractivity contribution in [3.05, 3.63) is 103 Å². The van der Waals surface area contributed by atoms with E-state index in [0.29, 0.717) is 6.32 Å². The molecule has 3 aromatic carbocycles. The first-order chi connectivity index (χ1) is 23.0.